The Morgan fingerprint density at radius 1 is 1.37 bits per heavy atom. The number of hydrogen-bond acceptors (Lipinski definition) is 2. The lowest BCUT2D eigenvalue weighted by Crippen LogP contribution is -2.43. The molecule has 1 atom stereocenters. The number of benzene rings is 1. The van der Waals surface area contributed by atoms with Crippen LogP contribution in [0.15, 0.2) is 18.2 Å². The maximum atomic E-state index is 11.6. The zero-order valence-corrected chi connectivity index (χ0v) is 11.5. The maximum Gasteiger partial charge on any atom is 0.326 e. The summed E-state index contributed by atoms with van der Waals surface area (Å²) in [5.74, 6) is -1.29. The van der Waals surface area contributed by atoms with E-state index in [1.165, 1.54) is 0 Å². The van der Waals surface area contributed by atoms with E-state index in [2.05, 4.69) is 5.32 Å². The number of carboxylic acid groups (broad SMARTS) is 1. The SMILES string of the molecule is O=C(N[C@H](Cc1ccc(Cl)cc1Cl)C(=O)O)C1CC1. The summed E-state index contributed by atoms with van der Waals surface area (Å²) in [5, 5.41) is 12.6. The molecule has 6 heteroatoms. The fourth-order valence-corrected chi connectivity index (χ4v) is 2.23. The number of rotatable bonds is 5. The Hall–Kier alpha value is -1.26. The summed E-state index contributed by atoms with van der Waals surface area (Å²) < 4.78 is 0. The molecule has 0 unspecified atom stereocenters. The number of hydrogen-bond donors (Lipinski definition) is 2. The Morgan fingerprint density at radius 2 is 2.05 bits per heavy atom. The zero-order chi connectivity index (χ0) is 14.0. The summed E-state index contributed by atoms with van der Waals surface area (Å²) in [4.78, 5) is 22.8. The van der Waals surface area contributed by atoms with Gasteiger partial charge >= 0.3 is 5.97 Å². The van der Waals surface area contributed by atoms with Gasteiger partial charge in [0.15, 0.2) is 0 Å². The second kappa shape index (κ2) is 5.80. The van der Waals surface area contributed by atoms with Gasteiger partial charge < -0.3 is 10.4 Å². The fourth-order valence-electron chi connectivity index (χ4n) is 1.74. The monoisotopic (exact) mass is 301 g/mol. The van der Waals surface area contributed by atoms with Crippen molar-refractivity contribution >= 4 is 35.1 Å². The molecule has 1 aromatic carbocycles. The van der Waals surface area contributed by atoms with Crippen LogP contribution in [0.25, 0.3) is 0 Å². The molecule has 1 aromatic rings. The van der Waals surface area contributed by atoms with Crippen molar-refractivity contribution in [3.63, 3.8) is 0 Å². The minimum absolute atomic E-state index is 0.0254. The van der Waals surface area contributed by atoms with Crippen LogP contribution in [0.3, 0.4) is 0 Å². The maximum absolute atomic E-state index is 11.6. The molecule has 2 N–H and O–H groups in total. The van der Waals surface area contributed by atoms with Crippen LogP contribution in [-0.2, 0) is 16.0 Å². The average molecular weight is 302 g/mol. The molecule has 0 aromatic heterocycles. The van der Waals surface area contributed by atoms with E-state index in [0.29, 0.717) is 15.6 Å². The number of nitrogens with one attached hydrogen (secondary N) is 1. The van der Waals surface area contributed by atoms with Gasteiger partial charge in [-0.2, -0.15) is 0 Å². The minimum Gasteiger partial charge on any atom is -0.480 e. The summed E-state index contributed by atoms with van der Waals surface area (Å²) in [6, 6.07) is 3.90. The van der Waals surface area contributed by atoms with E-state index in [0.717, 1.165) is 12.8 Å². The number of carbonyl (C=O) groups is 2. The number of halogens is 2. The van der Waals surface area contributed by atoms with E-state index < -0.39 is 12.0 Å². The molecule has 0 spiro atoms. The highest BCUT2D eigenvalue weighted by molar-refractivity contribution is 6.35. The molecule has 2 rings (SSSR count). The smallest absolute Gasteiger partial charge is 0.326 e. The Bertz CT molecular complexity index is 515. The first kappa shape index (κ1) is 14.2. The lowest BCUT2D eigenvalue weighted by molar-refractivity contribution is -0.142. The molecule has 4 nitrogen and oxygen atoms in total. The summed E-state index contributed by atoms with van der Waals surface area (Å²) in [6.45, 7) is 0. The van der Waals surface area contributed by atoms with Crippen LogP contribution in [0.4, 0.5) is 0 Å². The average Bonchev–Trinajstić information content (AvgIpc) is 3.15. The Balaban J connectivity index is 2.07. The van der Waals surface area contributed by atoms with E-state index in [1.807, 2.05) is 0 Å². The summed E-state index contributed by atoms with van der Waals surface area (Å²) in [7, 11) is 0. The predicted octanol–water partition coefficient (Wildman–Crippen LogP) is 2.52. The molecule has 1 aliphatic rings. The van der Waals surface area contributed by atoms with Crippen molar-refractivity contribution in [3.8, 4) is 0 Å². The number of carboxylic acids is 1. The molecule has 0 radical (unpaired) electrons. The van der Waals surface area contributed by atoms with Crippen molar-refractivity contribution in [2.75, 3.05) is 0 Å². The number of carbonyl (C=O) groups excluding carboxylic acids is 1. The number of aliphatic carboxylic acids is 1. The van der Waals surface area contributed by atoms with Gasteiger partial charge in [0, 0.05) is 22.4 Å². The van der Waals surface area contributed by atoms with Crippen molar-refractivity contribution < 1.29 is 14.7 Å². The third-order valence-electron chi connectivity index (χ3n) is 3.00. The Labute approximate surface area is 120 Å². The highest BCUT2D eigenvalue weighted by Gasteiger charge is 2.32. The van der Waals surface area contributed by atoms with Gasteiger partial charge in [-0.05, 0) is 30.5 Å². The van der Waals surface area contributed by atoms with Crippen LogP contribution < -0.4 is 5.32 Å². The Morgan fingerprint density at radius 3 is 2.58 bits per heavy atom. The zero-order valence-electron chi connectivity index (χ0n) is 10.0. The first-order valence-electron chi connectivity index (χ1n) is 5.94. The molecule has 1 saturated carbocycles. The van der Waals surface area contributed by atoms with Crippen LogP contribution in [-0.4, -0.2) is 23.0 Å². The third kappa shape index (κ3) is 3.85. The lowest BCUT2D eigenvalue weighted by atomic mass is 10.1. The second-order valence-electron chi connectivity index (χ2n) is 4.61. The quantitative estimate of drug-likeness (QED) is 0.878. The molecule has 1 fully saturated rings. The Kier molecular flexibility index (Phi) is 4.32. The van der Waals surface area contributed by atoms with Crippen molar-refractivity contribution in [3.05, 3.63) is 33.8 Å². The van der Waals surface area contributed by atoms with E-state index in [9.17, 15) is 9.59 Å². The highest BCUT2D eigenvalue weighted by atomic mass is 35.5. The lowest BCUT2D eigenvalue weighted by Gasteiger charge is -2.15. The standard InChI is InChI=1S/C13H13Cl2NO3/c14-9-4-3-8(10(15)6-9)5-11(13(18)19)16-12(17)7-1-2-7/h3-4,6-7,11H,1-2,5H2,(H,16,17)(H,18,19)/t11-/m1/s1. The van der Waals surface area contributed by atoms with Gasteiger partial charge in [0.1, 0.15) is 6.04 Å². The normalized spacial score (nSPS) is 15.9. The molecular formula is C13H13Cl2NO3. The molecule has 0 saturated heterocycles. The van der Waals surface area contributed by atoms with Gasteiger partial charge in [0.2, 0.25) is 5.91 Å². The fraction of sp³-hybridized carbons (Fsp3) is 0.385. The molecule has 0 heterocycles. The van der Waals surface area contributed by atoms with Crippen LogP contribution in [0.1, 0.15) is 18.4 Å². The van der Waals surface area contributed by atoms with Gasteiger partial charge in [-0.15, -0.1) is 0 Å². The van der Waals surface area contributed by atoms with Gasteiger partial charge in [0.25, 0.3) is 0 Å². The minimum atomic E-state index is -1.07. The van der Waals surface area contributed by atoms with Crippen molar-refractivity contribution in [1.29, 1.82) is 0 Å². The van der Waals surface area contributed by atoms with Gasteiger partial charge in [-0.3, -0.25) is 4.79 Å². The third-order valence-corrected chi connectivity index (χ3v) is 3.59. The van der Waals surface area contributed by atoms with E-state index in [4.69, 9.17) is 28.3 Å². The predicted molar refractivity (Wildman–Crippen MR) is 72.5 cm³/mol. The van der Waals surface area contributed by atoms with Crippen LogP contribution in [0.5, 0.6) is 0 Å². The summed E-state index contributed by atoms with van der Waals surface area (Å²) in [6.07, 6.45) is 1.81. The second-order valence-corrected chi connectivity index (χ2v) is 5.46. The van der Waals surface area contributed by atoms with Crippen molar-refractivity contribution in [2.45, 2.75) is 25.3 Å². The molecule has 1 amide bonds. The van der Waals surface area contributed by atoms with Crippen LogP contribution in [0, 0.1) is 5.92 Å². The highest BCUT2D eigenvalue weighted by Crippen LogP contribution is 2.29. The van der Waals surface area contributed by atoms with Gasteiger partial charge in [0.05, 0.1) is 0 Å². The summed E-state index contributed by atoms with van der Waals surface area (Å²) >= 11 is 11.8. The molecule has 102 valence electrons. The van der Waals surface area contributed by atoms with Gasteiger partial charge in [-0.25, -0.2) is 4.79 Å². The molecule has 0 aliphatic heterocycles. The molecule has 19 heavy (non-hydrogen) atoms. The molecule has 0 bridgehead atoms. The van der Waals surface area contributed by atoms with Crippen LogP contribution in [0.2, 0.25) is 10.0 Å². The van der Waals surface area contributed by atoms with E-state index in [1.54, 1.807) is 18.2 Å². The van der Waals surface area contributed by atoms with Crippen molar-refractivity contribution in [1.82, 2.24) is 5.32 Å². The van der Waals surface area contributed by atoms with Crippen LogP contribution >= 0.6 is 23.2 Å². The first-order chi connectivity index (χ1) is 8.97. The van der Waals surface area contributed by atoms with Crippen molar-refractivity contribution in [2.24, 2.45) is 5.92 Å². The molecular weight excluding hydrogens is 289 g/mol. The van der Waals surface area contributed by atoms with E-state index >= 15 is 0 Å². The first-order valence-corrected chi connectivity index (χ1v) is 6.70. The topological polar surface area (TPSA) is 66.4 Å². The largest absolute Gasteiger partial charge is 0.480 e. The van der Waals surface area contributed by atoms with Gasteiger partial charge in [-0.1, -0.05) is 29.3 Å². The number of amides is 1. The molecule has 1 aliphatic carbocycles. The summed E-state index contributed by atoms with van der Waals surface area (Å²) in [5.41, 5.74) is 0.648. The van der Waals surface area contributed by atoms with E-state index in [-0.39, 0.29) is 18.2 Å².